The molecule has 0 N–H and O–H groups in total. The number of carbonyl (C=O) groups excluding carboxylic acids is 2. The number of ether oxygens (including phenoxy) is 3. The number of esters is 2. The Morgan fingerprint density at radius 3 is 2.45 bits per heavy atom. The van der Waals surface area contributed by atoms with E-state index in [4.69, 9.17) is 42.5 Å². The van der Waals surface area contributed by atoms with Crippen LogP contribution in [0.4, 0.5) is 4.39 Å². The summed E-state index contributed by atoms with van der Waals surface area (Å²) in [5, 5.41) is 7.70. The first-order valence-corrected chi connectivity index (χ1v) is 18.4. The third-order valence-electron chi connectivity index (χ3n) is 8.76. The van der Waals surface area contributed by atoms with Crippen molar-refractivity contribution in [1.29, 1.82) is 0 Å². The maximum Gasteiger partial charge on any atom is 0.355 e. The number of fused-ring (bicyclic) bond motifs is 2. The van der Waals surface area contributed by atoms with Gasteiger partial charge in [0.15, 0.2) is 0 Å². The zero-order valence-electron chi connectivity index (χ0n) is 30.2. The van der Waals surface area contributed by atoms with Gasteiger partial charge in [-0.25, -0.2) is 9.18 Å². The van der Waals surface area contributed by atoms with Gasteiger partial charge in [-0.05, 0) is 101 Å². The van der Waals surface area contributed by atoms with Crippen LogP contribution in [0.25, 0.3) is 32.8 Å². The zero-order chi connectivity index (χ0) is 36.9. The largest absolute Gasteiger partial charge is 0.493 e. The highest BCUT2D eigenvalue weighted by Crippen LogP contribution is 2.43. The lowest BCUT2D eigenvalue weighted by Gasteiger charge is -2.19. The van der Waals surface area contributed by atoms with Gasteiger partial charge in [0.25, 0.3) is 0 Å². The summed E-state index contributed by atoms with van der Waals surface area (Å²) in [7, 11) is 1.89. The molecule has 3 aromatic carbocycles. The standard InChI is InChI=1S/C40H46Cl2FN3O5/c1-7-32-36(31(24-41)44-45(32)6)35-30(42)20-19-29-28(14-12-22-50-33-15-11-13-25-23-26(43)17-18-27(25)33)38(39(48)49-8-2)46(37(29)35)21-10-9-16-34(47)51-40(3,4)5/h11,13,15,17-20,23H,7-10,12,14,16,21-22,24H2,1-6H3. The fraction of sp³-hybridized carbons (Fsp3) is 0.425. The van der Waals surface area contributed by atoms with Gasteiger partial charge in [-0.15, -0.1) is 11.6 Å². The summed E-state index contributed by atoms with van der Waals surface area (Å²) in [6, 6.07) is 14.0. The molecule has 272 valence electrons. The molecule has 0 aliphatic carbocycles. The number of halogens is 3. The van der Waals surface area contributed by atoms with Gasteiger partial charge in [0.1, 0.15) is 22.9 Å². The Hall–Kier alpha value is -4.08. The van der Waals surface area contributed by atoms with Gasteiger partial charge >= 0.3 is 11.9 Å². The van der Waals surface area contributed by atoms with Crippen molar-refractivity contribution in [2.45, 2.75) is 91.2 Å². The van der Waals surface area contributed by atoms with Gasteiger partial charge in [0, 0.05) is 47.6 Å². The van der Waals surface area contributed by atoms with E-state index < -0.39 is 11.6 Å². The summed E-state index contributed by atoms with van der Waals surface area (Å²) >= 11 is 13.6. The molecular formula is C40H46Cl2FN3O5. The molecule has 0 spiro atoms. The summed E-state index contributed by atoms with van der Waals surface area (Å²) in [6.07, 6.45) is 3.19. The number of rotatable bonds is 15. The number of aryl methyl sites for hydroxylation is 3. The van der Waals surface area contributed by atoms with Crippen LogP contribution in [0.3, 0.4) is 0 Å². The Labute approximate surface area is 308 Å². The predicted molar refractivity (Wildman–Crippen MR) is 201 cm³/mol. The monoisotopic (exact) mass is 737 g/mol. The fourth-order valence-electron chi connectivity index (χ4n) is 6.76. The molecule has 0 aliphatic heterocycles. The summed E-state index contributed by atoms with van der Waals surface area (Å²) in [6.45, 7) is 10.4. The highest BCUT2D eigenvalue weighted by Gasteiger charge is 2.29. The first kappa shape index (κ1) is 38.2. The second kappa shape index (κ2) is 16.5. The summed E-state index contributed by atoms with van der Waals surface area (Å²) in [5.74, 6) is -0.156. The molecule has 0 saturated carbocycles. The molecule has 0 bridgehead atoms. The maximum atomic E-state index is 13.9. The molecule has 11 heteroatoms. The van der Waals surface area contributed by atoms with Crippen molar-refractivity contribution in [2.24, 2.45) is 7.05 Å². The Kier molecular flexibility index (Phi) is 12.4. The van der Waals surface area contributed by atoms with Gasteiger partial charge in [-0.3, -0.25) is 9.48 Å². The zero-order valence-corrected chi connectivity index (χ0v) is 31.7. The van der Waals surface area contributed by atoms with Crippen molar-refractivity contribution in [1.82, 2.24) is 14.3 Å². The molecular weight excluding hydrogens is 692 g/mol. The van der Waals surface area contributed by atoms with E-state index in [9.17, 15) is 14.0 Å². The summed E-state index contributed by atoms with van der Waals surface area (Å²) in [4.78, 5) is 26.5. The Morgan fingerprint density at radius 1 is 0.980 bits per heavy atom. The summed E-state index contributed by atoms with van der Waals surface area (Å²) < 4.78 is 35.1. The molecule has 5 aromatic rings. The number of unbranched alkanes of at least 4 members (excludes halogenated alkanes) is 1. The third-order valence-corrected chi connectivity index (χ3v) is 9.33. The van der Waals surface area contributed by atoms with Crippen LogP contribution in [-0.4, -0.2) is 45.1 Å². The minimum Gasteiger partial charge on any atom is -0.493 e. The van der Waals surface area contributed by atoms with Crippen molar-refractivity contribution in [3.63, 3.8) is 0 Å². The minimum absolute atomic E-state index is 0.183. The second-order valence-electron chi connectivity index (χ2n) is 13.5. The topological polar surface area (TPSA) is 84.6 Å². The molecule has 0 aliphatic rings. The molecule has 0 saturated heterocycles. The number of benzene rings is 3. The predicted octanol–water partition coefficient (Wildman–Crippen LogP) is 9.99. The Bertz CT molecular complexity index is 2050. The van der Waals surface area contributed by atoms with E-state index in [1.165, 1.54) is 12.1 Å². The lowest BCUT2D eigenvalue weighted by molar-refractivity contribution is -0.154. The van der Waals surface area contributed by atoms with Crippen molar-refractivity contribution in [3.8, 4) is 16.9 Å². The minimum atomic E-state index is -0.568. The van der Waals surface area contributed by atoms with Crippen molar-refractivity contribution >= 4 is 56.8 Å². The molecule has 0 atom stereocenters. The van der Waals surface area contributed by atoms with Crippen molar-refractivity contribution < 1.29 is 28.2 Å². The molecule has 2 heterocycles. The van der Waals surface area contributed by atoms with Crippen LogP contribution in [0.1, 0.15) is 87.7 Å². The molecule has 5 rings (SSSR count). The molecule has 0 unspecified atom stereocenters. The van der Waals surface area contributed by atoms with Crippen molar-refractivity contribution in [3.05, 3.63) is 82.0 Å². The number of aromatic nitrogens is 3. The van der Waals surface area contributed by atoms with Crippen LogP contribution in [0, 0.1) is 5.82 Å². The van der Waals surface area contributed by atoms with Crippen LogP contribution in [-0.2, 0) is 46.6 Å². The van der Waals surface area contributed by atoms with Gasteiger partial charge < -0.3 is 18.8 Å². The molecule has 0 amide bonds. The fourth-order valence-corrected chi connectivity index (χ4v) is 7.20. The average molecular weight is 739 g/mol. The molecule has 0 fully saturated rings. The molecule has 51 heavy (non-hydrogen) atoms. The molecule has 2 aromatic heterocycles. The van der Waals surface area contributed by atoms with E-state index in [2.05, 4.69) is 6.92 Å². The van der Waals surface area contributed by atoms with Crippen LogP contribution < -0.4 is 4.74 Å². The van der Waals surface area contributed by atoms with E-state index in [0.717, 1.165) is 44.1 Å². The van der Waals surface area contributed by atoms with E-state index in [-0.39, 0.29) is 30.7 Å². The van der Waals surface area contributed by atoms with Gasteiger partial charge in [-0.1, -0.05) is 36.7 Å². The van der Waals surface area contributed by atoms with Crippen LogP contribution in [0.2, 0.25) is 5.02 Å². The lowest BCUT2D eigenvalue weighted by atomic mass is 9.97. The number of carbonyl (C=O) groups is 2. The van der Waals surface area contributed by atoms with E-state index >= 15 is 0 Å². The number of hydrogen-bond donors (Lipinski definition) is 0. The number of alkyl halides is 1. The first-order chi connectivity index (χ1) is 24.4. The Balaban J connectivity index is 1.58. The smallest absolute Gasteiger partial charge is 0.355 e. The van der Waals surface area contributed by atoms with Crippen LogP contribution in [0.15, 0.2) is 48.5 Å². The van der Waals surface area contributed by atoms with Gasteiger partial charge in [0.2, 0.25) is 0 Å². The lowest BCUT2D eigenvalue weighted by Crippen LogP contribution is -2.23. The van der Waals surface area contributed by atoms with E-state index in [1.54, 1.807) is 13.0 Å². The first-order valence-electron chi connectivity index (χ1n) is 17.5. The third kappa shape index (κ3) is 8.53. The van der Waals surface area contributed by atoms with Crippen LogP contribution >= 0.6 is 23.2 Å². The van der Waals surface area contributed by atoms with Gasteiger partial charge in [-0.2, -0.15) is 5.10 Å². The number of nitrogens with zero attached hydrogens (tertiary/aromatic N) is 3. The number of hydrogen-bond acceptors (Lipinski definition) is 6. The highest BCUT2D eigenvalue weighted by molar-refractivity contribution is 6.35. The quantitative estimate of drug-likeness (QED) is 0.0604. The van der Waals surface area contributed by atoms with E-state index in [1.807, 2.05) is 67.4 Å². The van der Waals surface area contributed by atoms with Crippen molar-refractivity contribution in [2.75, 3.05) is 13.2 Å². The highest BCUT2D eigenvalue weighted by atomic mass is 35.5. The Morgan fingerprint density at radius 2 is 1.75 bits per heavy atom. The molecule has 8 nitrogen and oxygen atoms in total. The average Bonchev–Trinajstić information content (AvgIpc) is 3.57. The normalized spacial score (nSPS) is 11.8. The van der Waals surface area contributed by atoms with Gasteiger partial charge in [0.05, 0.1) is 35.3 Å². The second-order valence-corrected chi connectivity index (χ2v) is 14.2. The summed E-state index contributed by atoms with van der Waals surface area (Å²) in [5.41, 5.74) is 4.79. The SMILES string of the molecule is CCOC(=O)c1c(CCCOc2cccc3cc(F)ccc23)c2ccc(Cl)c(-c3c(CCl)nn(C)c3CC)c2n1CCCCC(=O)OC(C)(C)C. The van der Waals surface area contributed by atoms with Crippen LogP contribution in [0.5, 0.6) is 5.75 Å². The maximum absolute atomic E-state index is 13.9. The van der Waals surface area contributed by atoms with E-state index in [0.29, 0.717) is 67.4 Å². The molecule has 0 radical (unpaired) electrons.